The first-order valence-electron chi connectivity index (χ1n) is 4.79. The first-order valence-corrected chi connectivity index (χ1v) is 5.61. The molecule has 0 bridgehead atoms. The summed E-state index contributed by atoms with van der Waals surface area (Å²) in [7, 11) is 3.32. The van der Waals surface area contributed by atoms with Gasteiger partial charge in [-0.25, -0.2) is 9.97 Å². The van der Waals surface area contributed by atoms with Crippen LogP contribution < -0.4 is 10.1 Å². The Balaban J connectivity index is 2.32. The predicted octanol–water partition coefficient (Wildman–Crippen LogP) is 1.37. The molecule has 0 saturated carbocycles. The molecule has 0 saturated heterocycles. The number of aromatic nitrogens is 4. The van der Waals surface area contributed by atoms with E-state index in [-0.39, 0.29) is 0 Å². The standard InChI is InChI=1S/C9H11N5O2S/c1-5-13-14-9(16-5)17-8-6(15-3)7(10-2)11-4-12-8/h4H,1-3H3,(H,10,11,12). The molecular weight excluding hydrogens is 242 g/mol. The van der Waals surface area contributed by atoms with Gasteiger partial charge in [0.25, 0.3) is 5.22 Å². The summed E-state index contributed by atoms with van der Waals surface area (Å²) in [6.07, 6.45) is 1.44. The Bertz CT molecular complexity index is 516. The number of nitrogens with zero attached hydrogens (tertiary/aromatic N) is 4. The van der Waals surface area contributed by atoms with E-state index in [4.69, 9.17) is 9.15 Å². The van der Waals surface area contributed by atoms with Crippen molar-refractivity contribution in [2.75, 3.05) is 19.5 Å². The van der Waals surface area contributed by atoms with Gasteiger partial charge in [0.1, 0.15) is 6.33 Å². The molecule has 7 nitrogen and oxygen atoms in total. The van der Waals surface area contributed by atoms with Crippen molar-refractivity contribution in [1.29, 1.82) is 0 Å². The lowest BCUT2D eigenvalue weighted by Crippen LogP contribution is -1.99. The van der Waals surface area contributed by atoms with Crippen molar-refractivity contribution in [3.63, 3.8) is 0 Å². The summed E-state index contributed by atoms with van der Waals surface area (Å²) in [6.45, 7) is 1.73. The maximum Gasteiger partial charge on any atom is 0.283 e. The monoisotopic (exact) mass is 253 g/mol. The molecule has 8 heteroatoms. The molecule has 2 rings (SSSR count). The fourth-order valence-corrected chi connectivity index (χ4v) is 1.98. The molecule has 0 unspecified atom stereocenters. The zero-order valence-electron chi connectivity index (χ0n) is 9.59. The molecule has 2 aromatic heterocycles. The second kappa shape index (κ2) is 5.00. The molecule has 2 heterocycles. The molecule has 0 atom stereocenters. The van der Waals surface area contributed by atoms with Crippen LogP contribution in [0.2, 0.25) is 0 Å². The fraction of sp³-hybridized carbons (Fsp3) is 0.333. The average Bonchev–Trinajstić information content (AvgIpc) is 2.74. The molecule has 17 heavy (non-hydrogen) atoms. The zero-order chi connectivity index (χ0) is 12.3. The van der Waals surface area contributed by atoms with Gasteiger partial charge in [-0.1, -0.05) is 0 Å². The number of rotatable bonds is 4. The zero-order valence-corrected chi connectivity index (χ0v) is 10.4. The van der Waals surface area contributed by atoms with Gasteiger partial charge in [0.2, 0.25) is 5.89 Å². The van der Waals surface area contributed by atoms with E-state index in [0.717, 1.165) is 0 Å². The average molecular weight is 253 g/mol. The molecular formula is C9H11N5O2S. The van der Waals surface area contributed by atoms with Gasteiger partial charge in [0.05, 0.1) is 7.11 Å². The van der Waals surface area contributed by atoms with E-state index in [2.05, 4.69) is 25.5 Å². The van der Waals surface area contributed by atoms with Gasteiger partial charge >= 0.3 is 0 Å². The highest BCUT2D eigenvalue weighted by Crippen LogP contribution is 2.35. The van der Waals surface area contributed by atoms with E-state index in [9.17, 15) is 0 Å². The summed E-state index contributed by atoms with van der Waals surface area (Å²) in [5, 5.41) is 11.6. The van der Waals surface area contributed by atoms with Gasteiger partial charge in [-0.05, 0) is 11.8 Å². The molecule has 90 valence electrons. The third kappa shape index (κ3) is 2.47. The lowest BCUT2D eigenvalue weighted by atomic mass is 10.5. The van der Waals surface area contributed by atoms with E-state index < -0.39 is 0 Å². The van der Waals surface area contributed by atoms with Crippen molar-refractivity contribution in [2.24, 2.45) is 0 Å². The molecule has 0 radical (unpaired) electrons. The van der Waals surface area contributed by atoms with E-state index in [1.165, 1.54) is 18.1 Å². The van der Waals surface area contributed by atoms with Crippen molar-refractivity contribution in [2.45, 2.75) is 17.2 Å². The Labute approximate surface area is 102 Å². The second-order valence-corrected chi connectivity index (χ2v) is 3.94. The normalized spacial score (nSPS) is 10.3. The Morgan fingerprint density at radius 3 is 2.76 bits per heavy atom. The Morgan fingerprint density at radius 1 is 1.35 bits per heavy atom. The van der Waals surface area contributed by atoms with Crippen LogP contribution in [-0.4, -0.2) is 34.3 Å². The minimum absolute atomic E-state index is 0.418. The number of anilines is 1. The minimum atomic E-state index is 0.418. The summed E-state index contributed by atoms with van der Waals surface area (Å²) in [6, 6.07) is 0. The van der Waals surface area contributed by atoms with E-state index >= 15 is 0 Å². The Hall–Kier alpha value is -1.83. The molecule has 0 aromatic carbocycles. The van der Waals surface area contributed by atoms with Gasteiger partial charge < -0.3 is 14.5 Å². The van der Waals surface area contributed by atoms with E-state index in [1.54, 1.807) is 21.1 Å². The summed E-state index contributed by atoms with van der Waals surface area (Å²) in [4.78, 5) is 8.17. The summed E-state index contributed by atoms with van der Waals surface area (Å²) in [5.41, 5.74) is 0. The van der Waals surface area contributed by atoms with Crippen LogP contribution in [0.3, 0.4) is 0 Å². The Kier molecular flexibility index (Phi) is 3.43. The van der Waals surface area contributed by atoms with Crippen LogP contribution in [0.4, 0.5) is 5.82 Å². The summed E-state index contributed by atoms with van der Waals surface area (Å²) >= 11 is 1.23. The first-order chi connectivity index (χ1) is 8.24. The molecule has 2 aromatic rings. The molecule has 0 amide bonds. The Morgan fingerprint density at radius 2 is 2.18 bits per heavy atom. The molecule has 1 N–H and O–H groups in total. The van der Waals surface area contributed by atoms with Gasteiger partial charge in [-0.2, -0.15) is 0 Å². The lowest BCUT2D eigenvalue weighted by Gasteiger charge is -2.08. The summed E-state index contributed by atoms with van der Waals surface area (Å²) < 4.78 is 10.5. The second-order valence-electron chi connectivity index (χ2n) is 3.00. The van der Waals surface area contributed by atoms with Crippen LogP contribution >= 0.6 is 11.8 Å². The topological polar surface area (TPSA) is 86.0 Å². The van der Waals surface area contributed by atoms with Crippen molar-refractivity contribution in [1.82, 2.24) is 20.2 Å². The minimum Gasteiger partial charge on any atom is -0.490 e. The maximum absolute atomic E-state index is 5.26. The molecule has 0 fully saturated rings. The first kappa shape index (κ1) is 11.6. The lowest BCUT2D eigenvalue weighted by molar-refractivity contribution is 0.398. The highest BCUT2D eigenvalue weighted by Gasteiger charge is 2.15. The van der Waals surface area contributed by atoms with Gasteiger partial charge in [-0.3, -0.25) is 0 Å². The largest absolute Gasteiger partial charge is 0.490 e. The SMILES string of the molecule is CNc1ncnc(Sc2nnc(C)o2)c1OC. The third-order valence-corrected chi connectivity index (χ3v) is 2.73. The van der Waals surface area contributed by atoms with Gasteiger partial charge in [-0.15, -0.1) is 10.2 Å². The van der Waals surface area contributed by atoms with E-state index in [1.807, 2.05) is 0 Å². The van der Waals surface area contributed by atoms with Gasteiger partial charge in [0.15, 0.2) is 16.6 Å². The van der Waals surface area contributed by atoms with Crippen LogP contribution in [-0.2, 0) is 0 Å². The van der Waals surface area contributed by atoms with Gasteiger partial charge in [0, 0.05) is 14.0 Å². The maximum atomic E-state index is 5.26. The predicted molar refractivity (Wildman–Crippen MR) is 61.3 cm³/mol. The molecule has 0 spiro atoms. The van der Waals surface area contributed by atoms with Crippen LogP contribution in [0.1, 0.15) is 5.89 Å². The number of ether oxygens (including phenoxy) is 1. The van der Waals surface area contributed by atoms with Crippen molar-refractivity contribution in [3.8, 4) is 5.75 Å². The number of aryl methyl sites for hydroxylation is 1. The molecule has 0 aliphatic rings. The van der Waals surface area contributed by atoms with Crippen LogP contribution in [0, 0.1) is 6.92 Å². The smallest absolute Gasteiger partial charge is 0.283 e. The number of hydrogen-bond acceptors (Lipinski definition) is 8. The fourth-order valence-electron chi connectivity index (χ4n) is 1.19. The number of nitrogens with one attached hydrogen (secondary N) is 1. The van der Waals surface area contributed by atoms with Crippen molar-refractivity contribution < 1.29 is 9.15 Å². The van der Waals surface area contributed by atoms with Crippen molar-refractivity contribution in [3.05, 3.63) is 12.2 Å². The third-order valence-electron chi connectivity index (χ3n) is 1.90. The highest BCUT2D eigenvalue weighted by molar-refractivity contribution is 7.99. The van der Waals surface area contributed by atoms with Crippen LogP contribution in [0.5, 0.6) is 5.75 Å². The number of methoxy groups -OCH3 is 1. The highest BCUT2D eigenvalue weighted by atomic mass is 32.2. The van der Waals surface area contributed by atoms with Crippen molar-refractivity contribution >= 4 is 17.6 Å². The molecule has 0 aliphatic heterocycles. The number of hydrogen-bond donors (Lipinski definition) is 1. The van der Waals surface area contributed by atoms with Crippen LogP contribution in [0.15, 0.2) is 21.0 Å². The van der Waals surface area contributed by atoms with Crippen LogP contribution in [0.25, 0.3) is 0 Å². The quantitative estimate of drug-likeness (QED) is 0.817. The molecule has 0 aliphatic carbocycles. The van der Waals surface area contributed by atoms with E-state index in [0.29, 0.717) is 27.7 Å². The summed E-state index contributed by atoms with van der Waals surface area (Å²) in [5.74, 6) is 1.67.